The zero-order valence-corrected chi connectivity index (χ0v) is 10.7. The summed E-state index contributed by atoms with van der Waals surface area (Å²) in [4.78, 5) is 2.65. The molecule has 1 unspecified atom stereocenters. The number of rotatable bonds is 2. The van der Waals surface area contributed by atoms with Gasteiger partial charge < -0.3 is 5.32 Å². The van der Waals surface area contributed by atoms with Gasteiger partial charge in [-0.15, -0.1) is 0 Å². The van der Waals surface area contributed by atoms with E-state index in [1.54, 1.807) is 11.1 Å². The van der Waals surface area contributed by atoms with Gasteiger partial charge in [0.15, 0.2) is 0 Å². The summed E-state index contributed by atoms with van der Waals surface area (Å²) >= 11 is 0. The molecular formula is C15H22N2. The fourth-order valence-corrected chi connectivity index (χ4v) is 3.10. The van der Waals surface area contributed by atoms with E-state index < -0.39 is 0 Å². The largest absolute Gasteiger partial charge is 0.315 e. The summed E-state index contributed by atoms with van der Waals surface area (Å²) in [6.45, 7) is 6.94. The summed E-state index contributed by atoms with van der Waals surface area (Å²) in [6.07, 6.45) is 3.84. The zero-order valence-electron chi connectivity index (χ0n) is 10.7. The topological polar surface area (TPSA) is 15.3 Å². The van der Waals surface area contributed by atoms with Crippen LogP contribution in [0.25, 0.3) is 0 Å². The fourth-order valence-electron chi connectivity index (χ4n) is 3.10. The maximum absolute atomic E-state index is 3.52. The van der Waals surface area contributed by atoms with Gasteiger partial charge in [-0.1, -0.05) is 25.1 Å². The van der Waals surface area contributed by atoms with Crippen molar-refractivity contribution in [3.63, 3.8) is 0 Å². The van der Waals surface area contributed by atoms with Crippen LogP contribution in [0.2, 0.25) is 0 Å². The van der Waals surface area contributed by atoms with E-state index in [4.69, 9.17) is 0 Å². The van der Waals surface area contributed by atoms with Gasteiger partial charge in [0.05, 0.1) is 0 Å². The first-order chi connectivity index (χ1) is 8.36. The van der Waals surface area contributed by atoms with Gasteiger partial charge in [-0.2, -0.15) is 0 Å². The highest BCUT2D eigenvalue weighted by Gasteiger charge is 2.26. The first-order valence-corrected chi connectivity index (χ1v) is 6.92. The van der Waals surface area contributed by atoms with Gasteiger partial charge >= 0.3 is 0 Å². The Kier molecular flexibility index (Phi) is 3.17. The number of hydrogen-bond donors (Lipinski definition) is 1. The lowest BCUT2D eigenvalue weighted by Crippen LogP contribution is -2.43. The number of aryl methyl sites for hydroxylation is 1. The van der Waals surface area contributed by atoms with Crippen LogP contribution >= 0.6 is 0 Å². The Morgan fingerprint density at radius 3 is 2.94 bits per heavy atom. The van der Waals surface area contributed by atoms with Crippen molar-refractivity contribution in [2.24, 2.45) is 0 Å². The quantitative estimate of drug-likeness (QED) is 0.839. The third kappa shape index (κ3) is 2.24. The molecule has 2 heterocycles. The van der Waals surface area contributed by atoms with Crippen molar-refractivity contribution < 1.29 is 0 Å². The van der Waals surface area contributed by atoms with Crippen molar-refractivity contribution in [2.75, 3.05) is 13.1 Å². The van der Waals surface area contributed by atoms with Crippen LogP contribution in [0.1, 0.15) is 36.5 Å². The summed E-state index contributed by atoms with van der Waals surface area (Å²) in [5.41, 5.74) is 4.59. The van der Waals surface area contributed by atoms with Crippen molar-refractivity contribution in [2.45, 2.75) is 45.3 Å². The zero-order chi connectivity index (χ0) is 11.7. The average molecular weight is 230 g/mol. The summed E-state index contributed by atoms with van der Waals surface area (Å²) in [5, 5.41) is 3.52. The van der Waals surface area contributed by atoms with Gasteiger partial charge in [-0.25, -0.2) is 0 Å². The molecule has 0 aromatic heterocycles. The third-order valence-electron chi connectivity index (χ3n) is 4.21. The molecule has 2 heteroatoms. The SMILES string of the molecule is CCc1ccc2c(c1)CN(C1CCCNC1)C2. The van der Waals surface area contributed by atoms with E-state index in [1.807, 2.05) is 0 Å². The predicted octanol–water partition coefficient (Wildman–Crippen LogP) is 2.32. The molecule has 0 aliphatic carbocycles. The molecule has 0 amide bonds. The lowest BCUT2D eigenvalue weighted by Gasteiger charge is -2.31. The van der Waals surface area contributed by atoms with E-state index in [2.05, 4.69) is 35.3 Å². The number of piperidine rings is 1. The van der Waals surface area contributed by atoms with Crippen LogP contribution in [0.5, 0.6) is 0 Å². The lowest BCUT2D eigenvalue weighted by atomic mass is 10.1. The fraction of sp³-hybridized carbons (Fsp3) is 0.600. The Bertz CT molecular complexity index is 394. The Hall–Kier alpha value is -0.860. The van der Waals surface area contributed by atoms with Crippen LogP contribution in [-0.4, -0.2) is 24.0 Å². The van der Waals surface area contributed by atoms with E-state index in [1.165, 1.54) is 31.5 Å². The second kappa shape index (κ2) is 4.79. The second-order valence-electron chi connectivity index (χ2n) is 5.36. The summed E-state index contributed by atoms with van der Waals surface area (Å²) in [6, 6.07) is 7.79. The van der Waals surface area contributed by atoms with E-state index in [0.717, 1.165) is 25.6 Å². The highest BCUT2D eigenvalue weighted by molar-refractivity contribution is 5.35. The molecule has 1 aromatic rings. The molecule has 1 N–H and O–H groups in total. The highest BCUT2D eigenvalue weighted by Crippen LogP contribution is 2.27. The second-order valence-corrected chi connectivity index (χ2v) is 5.36. The number of nitrogens with one attached hydrogen (secondary N) is 1. The number of hydrogen-bond acceptors (Lipinski definition) is 2. The molecule has 17 heavy (non-hydrogen) atoms. The average Bonchev–Trinajstić information content (AvgIpc) is 2.82. The molecule has 0 bridgehead atoms. The lowest BCUT2D eigenvalue weighted by molar-refractivity contribution is 0.167. The van der Waals surface area contributed by atoms with Gasteiger partial charge in [0, 0.05) is 25.7 Å². The minimum absolute atomic E-state index is 0.751. The Morgan fingerprint density at radius 2 is 2.18 bits per heavy atom. The van der Waals surface area contributed by atoms with Gasteiger partial charge in [0.25, 0.3) is 0 Å². The Labute approximate surface area is 104 Å². The minimum atomic E-state index is 0.751. The maximum atomic E-state index is 3.52. The molecule has 1 atom stereocenters. The summed E-state index contributed by atoms with van der Waals surface area (Å²) in [5.74, 6) is 0. The van der Waals surface area contributed by atoms with Crippen molar-refractivity contribution >= 4 is 0 Å². The van der Waals surface area contributed by atoms with Gasteiger partial charge in [0.2, 0.25) is 0 Å². The first-order valence-electron chi connectivity index (χ1n) is 6.92. The molecule has 0 saturated carbocycles. The summed E-state index contributed by atoms with van der Waals surface area (Å²) in [7, 11) is 0. The predicted molar refractivity (Wildman–Crippen MR) is 71.0 cm³/mol. The van der Waals surface area contributed by atoms with Crippen LogP contribution in [-0.2, 0) is 19.5 Å². The van der Waals surface area contributed by atoms with Crippen molar-refractivity contribution in [3.05, 3.63) is 34.9 Å². The number of nitrogens with zero attached hydrogens (tertiary/aromatic N) is 1. The minimum Gasteiger partial charge on any atom is -0.315 e. The molecule has 2 aliphatic heterocycles. The molecular weight excluding hydrogens is 208 g/mol. The smallest absolute Gasteiger partial charge is 0.0244 e. The molecule has 1 fully saturated rings. The molecule has 0 spiro atoms. The Balaban J connectivity index is 1.73. The highest BCUT2D eigenvalue weighted by atomic mass is 15.2. The number of fused-ring (bicyclic) bond motifs is 1. The summed E-state index contributed by atoms with van der Waals surface area (Å²) < 4.78 is 0. The molecule has 1 aromatic carbocycles. The van der Waals surface area contributed by atoms with Crippen LogP contribution in [0.3, 0.4) is 0 Å². The molecule has 2 nitrogen and oxygen atoms in total. The van der Waals surface area contributed by atoms with E-state index in [0.29, 0.717) is 0 Å². The van der Waals surface area contributed by atoms with E-state index in [-0.39, 0.29) is 0 Å². The molecule has 92 valence electrons. The van der Waals surface area contributed by atoms with Gasteiger partial charge in [0.1, 0.15) is 0 Å². The molecule has 1 saturated heterocycles. The van der Waals surface area contributed by atoms with Crippen LogP contribution in [0, 0.1) is 0 Å². The standard InChI is InChI=1S/C15H22N2/c1-2-12-5-6-13-10-17(11-14(13)8-12)15-4-3-7-16-9-15/h5-6,8,15-16H,2-4,7,9-11H2,1H3. The maximum Gasteiger partial charge on any atom is 0.0244 e. The van der Waals surface area contributed by atoms with Crippen LogP contribution < -0.4 is 5.32 Å². The monoisotopic (exact) mass is 230 g/mol. The normalized spacial score (nSPS) is 24.9. The van der Waals surface area contributed by atoms with Crippen LogP contribution in [0.15, 0.2) is 18.2 Å². The Morgan fingerprint density at radius 1 is 1.29 bits per heavy atom. The molecule has 2 aliphatic rings. The van der Waals surface area contributed by atoms with Crippen molar-refractivity contribution in [3.8, 4) is 0 Å². The van der Waals surface area contributed by atoms with Crippen molar-refractivity contribution in [1.82, 2.24) is 10.2 Å². The first kappa shape index (κ1) is 11.2. The van der Waals surface area contributed by atoms with Gasteiger partial charge in [-0.3, -0.25) is 4.90 Å². The molecule has 0 radical (unpaired) electrons. The molecule has 3 rings (SSSR count). The van der Waals surface area contributed by atoms with Gasteiger partial charge in [-0.05, 0) is 42.5 Å². The third-order valence-corrected chi connectivity index (χ3v) is 4.21. The van der Waals surface area contributed by atoms with Crippen LogP contribution in [0.4, 0.5) is 0 Å². The van der Waals surface area contributed by atoms with Crippen molar-refractivity contribution in [1.29, 1.82) is 0 Å². The number of benzene rings is 1. The van der Waals surface area contributed by atoms with E-state index >= 15 is 0 Å². The van der Waals surface area contributed by atoms with E-state index in [9.17, 15) is 0 Å².